The van der Waals surface area contributed by atoms with Crippen molar-refractivity contribution >= 4 is 0 Å². The molecule has 0 N–H and O–H groups in total. The van der Waals surface area contributed by atoms with E-state index in [1.54, 1.807) is 0 Å². The Hall–Kier alpha value is 0.208. The minimum Gasteiger partial charge on any atom is -0.676 e. The van der Waals surface area contributed by atoms with Gasteiger partial charge in [-0.3, -0.25) is 0 Å². The first-order valence-corrected chi connectivity index (χ1v) is 13.9. The molecule has 0 aromatic carbocycles. The summed E-state index contributed by atoms with van der Waals surface area (Å²) in [5.41, 5.74) is 0.297. The van der Waals surface area contributed by atoms with E-state index in [1.807, 2.05) is 0 Å². The summed E-state index contributed by atoms with van der Waals surface area (Å²) >= 11 is -0.492. The molecule has 0 saturated heterocycles. The van der Waals surface area contributed by atoms with Crippen LogP contribution in [0.3, 0.4) is 0 Å². The first kappa shape index (κ1) is 34.8. The van der Waals surface area contributed by atoms with E-state index in [-0.39, 0.29) is 17.2 Å². The molecular formula is C25H55MoN4-3. The number of unbranched alkanes of at least 4 members (excludes halogenated alkanes) is 2. The molecule has 0 spiro atoms. The van der Waals surface area contributed by atoms with Gasteiger partial charge in [0.15, 0.2) is 0 Å². The van der Waals surface area contributed by atoms with E-state index in [9.17, 15) is 0 Å². The maximum atomic E-state index is 4.67. The van der Waals surface area contributed by atoms with Crippen molar-refractivity contribution in [1.82, 2.24) is 0 Å². The fraction of sp³-hybridized carbons (Fsp3) is 0.960. The quantitative estimate of drug-likeness (QED) is 0.187. The van der Waals surface area contributed by atoms with Crippen molar-refractivity contribution in [3.8, 4) is 0 Å². The second-order valence-corrected chi connectivity index (χ2v) is 10.9. The van der Waals surface area contributed by atoms with Gasteiger partial charge in [0.2, 0.25) is 0 Å². The Morgan fingerprint density at radius 1 is 0.767 bits per heavy atom. The molecule has 0 aliphatic carbocycles. The normalized spacial score (nSPS) is 11.6. The molecule has 0 aliphatic heterocycles. The van der Waals surface area contributed by atoms with Crippen LogP contribution < -0.4 is 0 Å². The van der Waals surface area contributed by atoms with Gasteiger partial charge in [-0.2, -0.15) is 6.42 Å². The van der Waals surface area contributed by atoms with E-state index in [4.69, 9.17) is 0 Å². The largest absolute Gasteiger partial charge is 0.676 e. The van der Waals surface area contributed by atoms with Gasteiger partial charge in [-0.15, -0.1) is 12.1 Å². The van der Waals surface area contributed by atoms with E-state index in [1.165, 1.54) is 19.3 Å². The van der Waals surface area contributed by atoms with E-state index in [2.05, 4.69) is 108 Å². The third-order valence-electron chi connectivity index (χ3n) is 4.42. The summed E-state index contributed by atoms with van der Waals surface area (Å²) in [4.78, 5) is 0. The van der Waals surface area contributed by atoms with Crippen LogP contribution in [-0.4, -0.2) is 29.3 Å². The van der Waals surface area contributed by atoms with Crippen LogP contribution in [0.25, 0.3) is 10.6 Å². The zero-order valence-electron chi connectivity index (χ0n) is 22.6. The zero-order chi connectivity index (χ0) is 24.2. The molecular weight excluding hydrogens is 452 g/mol. The average molecular weight is 508 g/mol. The van der Waals surface area contributed by atoms with Gasteiger partial charge < -0.3 is 17.6 Å². The van der Waals surface area contributed by atoms with Gasteiger partial charge in [0.05, 0.1) is 0 Å². The van der Waals surface area contributed by atoms with Crippen LogP contribution in [0.1, 0.15) is 128 Å². The summed E-state index contributed by atoms with van der Waals surface area (Å²) in [7, 11) is 0. The second-order valence-electron chi connectivity index (χ2n) is 9.56. The number of hydrogen-bond acceptors (Lipinski definition) is 2. The van der Waals surface area contributed by atoms with Crippen LogP contribution >= 0.6 is 0 Å². The van der Waals surface area contributed by atoms with Crippen LogP contribution in [0, 0.1) is 6.92 Å². The molecule has 0 atom stereocenters. The van der Waals surface area contributed by atoms with Gasteiger partial charge in [0, 0.05) is 0 Å². The van der Waals surface area contributed by atoms with E-state index in [0.717, 1.165) is 25.7 Å². The minimum absolute atomic E-state index is 0.148. The van der Waals surface area contributed by atoms with Gasteiger partial charge in [-0.25, -0.2) is 6.17 Å². The topological polar surface area (TPSA) is 52.9 Å². The van der Waals surface area contributed by atoms with Crippen molar-refractivity contribution in [2.24, 2.45) is 6.99 Å². The molecule has 0 aliphatic rings. The fourth-order valence-electron chi connectivity index (χ4n) is 1.63. The standard InChI is InChI=1S/C11H24N2.2C5H11N.C4H9.Mo/c1-6-7-8-11(12-9(2)3)13-10(4)5;2*1-4-5(2,3)6;1-3-4-2;/h9-11H,6-8H2,1-5H3;2*4H2,1-3H3;1,3-4H2,2H3;/q-2;;;-1;. The summed E-state index contributed by atoms with van der Waals surface area (Å²) in [5.74, 6) is 0. The van der Waals surface area contributed by atoms with Crippen LogP contribution in [0.5, 0.6) is 0 Å². The van der Waals surface area contributed by atoms with Gasteiger partial charge in [-0.1, -0.05) is 67.2 Å². The maximum Gasteiger partial charge on any atom is -0.0563 e. The van der Waals surface area contributed by atoms with Crippen LogP contribution in [0.4, 0.5) is 0 Å². The average Bonchev–Trinajstić information content (AvgIpc) is 2.65. The molecule has 0 fully saturated rings. The van der Waals surface area contributed by atoms with Crippen molar-refractivity contribution in [3.63, 3.8) is 0 Å². The Labute approximate surface area is 199 Å². The molecule has 0 amide bonds. The van der Waals surface area contributed by atoms with E-state index >= 15 is 0 Å². The van der Waals surface area contributed by atoms with Gasteiger partial charge in [-0.05, 0) is 0 Å². The fourth-order valence-corrected chi connectivity index (χ4v) is 3.45. The molecule has 0 bridgehead atoms. The predicted molar refractivity (Wildman–Crippen MR) is 134 cm³/mol. The Bertz CT molecular complexity index is 393. The first-order valence-electron chi connectivity index (χ1n) is 12.1. The van der Waals surface area contributed by atoms with Crippen molar-refractivity contribution in [2.45, 2.75) is 157 Å². The summed E-state index contributed by atoms with van der Waals surface area (Å²) < 4.78 is 9.34. The molecule has 5 heteroatoms. The number of hydrogen-bond donors (Lipinski definition) is 0. The monoisotopic (exact) mass is 509 g/mol. The van der Waals surface area contributed by atoms with Crippen molar-refractivity contribution < 1.29 is 18.2 Å². The molecule has 0 aromatic rings. The second kappa shape index (κ2) is 21.1. The Morgan fingerprint density at radius 3 is 1.37 bits per heavy atom. The van der Waals surface area contributed by atoms with Crippen LogP contribution in [0.15, 0.2) is 6.99 Å². The molecule has 0 saturated carbocycles. The van der Waals surface area contributed by atoms with Crippen LogP contribution in [-0.2, 0) is 18.2 Å². The van der Waals surface area contributed by atoms with Gasteiger partial charge in [0.25, 0.3) is 0 Å². The molecule has 184 valence electrons. The van der Waals surface area contributed by atoms with Crippen LogP contribution in [0.2, 0.25) is 0 Å². The third kappa shape index (κ3) is 28.2. The zero-order valence-corrected chi connectivity index (χ0v) is 24.6. The third-order valence-corrected chi connectivity index (χ3v) is 7.25. The minimum atomic E-state index is -0.492. The molecule has 0 radical (unpaired) electrons. The molecule has 4 nitrogen and oxygen atoms in total. The Morgan fingerprint density at radius 2 is 1.13 bits per heavy atom. The Balaban J connectivity index is -0.000000412. The summed E-state index contributed by atoms with van der Waals surface area (Å²) in [6.45, 7) is 29.5. The smallest absolute Gasteiger partial charge is 0.0563 e. The Kier molecular flexibility index (Phi) is 24.5. The van der Waals surface area contributed by atoms with Crippen molar-refractivity contribution in [2.75, 3.05) is 0 Å². The van der Waals surface area contributed by atoms with E-state index < -0.39 is 18.2 Å². The molecule has 0 unspecified atom stereocenters. The van der Waals surface area contributed by atoms with Gasteiger partial charge in [0.1, 0.15) is 0 Å². The number of nitrogens with zero attached hydrogens (tertiary/aromatic N) is 4. The molecule has 0 aromatic heterocycles. The molecule has 0 heterocycles. The SMILES string of the molecule is CCC(C)(C)[N]=[Mo]=[N]C(C)(C)CC.CCCCC([N-]C(C)C)[N-]C(C)C.[CH2-]CCC. The van der Waals surface area contributed by atoms with Crippen molar-refractivity contribution in [3.05, 3.63) is 17.6 Å². The summed E-state index contributed by atoms with van der Waals surface area (Å²) in [6, 6.07) is 0.814. The molecule has 30 heavy (non-hydrogen) atoms. The maximum absolute atomic E-state index is 4.67. The first-order chi connectivity index (χ1) is 13.8. The van der Waals surface area contributed by atoms with Crippen molar-refractivity contribution in [1.29, 1.82) is 0 Å². The molecule has 0 rings (SSSR count). The predicted octanol–water partition coefficient (Wildman–Crippen LogP) is 9.50. The van der Waals surface area contributed by atoms with Gasteiger partial charge >= 0.3 is 90.7 Å². The summed E-state index contributed by atoms with van der Waals surface area (Å²) in [6.07, 6.45) is 8.32. The summed E-state index contributed by atoms with van der Waals surface area (Å²) in [5, 5.41) is 9.18. The van der Waals surface area contributed by atoms with E-state index in [0.29, 0.717) is 12.1 Å². The number of rotatable bonds is 12.